The van der Waals surface area contributed by atoms with E-state index in [0.29, 0.717) is 25.6 Å². The number of hydrogen-bond acceptors (Lipinski definition) is 4. The predicted molar refractivity (Wildman–Crippen MR) is 64.4 cm³/mol. The summed E-state index contributed by atoms with van der Waals surface area (Å²) in [6.45, 7) is 1.38. The number of aryl methyl sites for hydroxylation is 1. The molecule has 1 aliphatic carbocycles. The average molecular weight is 271 g/mol. The van der Waals surface area contributed by atoms with E-state index >= 15 is 0 Å². The van der Waals surface area contributed by atoms with Gasteiger partial charge in [0.25, 0.3) is 10.0 Å². The van der Waals surface area contributed by atoms with Crippen LogP contribution < -0.4 is 0 Å². The molecule has 1 aromatic heterocycles. The molecule has 1 aromatic rings. The Labute approximate surface area is 107 Å². The Hall–Kier alpha value is -0.920. The molecule has 1 aliphatic heterocycles. The third-order valence-corrected chi connectivity index (χ3v) is 5.52. The van der Waals surface area contributed by atoms with Crippen molar-refractivity contribution in [3.8, 4) is 0 Å². The Kier molecular flexibility index (Phi) is 2.91. The molecule has 0 bridgehead atoms. The van der Waals surface area contributed by atoms with Crippen LogP contribution in [0.25, 0.3) is 0 Å². The summed E-state index contributed by atoms with van der Waals surface area (Å²) in [6.07, 6.45) is 3.89. The van der Waals surface area contributed by atoms with Crippen LogP contribution in [0.5, 0.6) is 0 Å². The molecule has 6 nitrogen and oxygen atoms in total. The summed E-state index contributed by atoms with van der Waals surface area (Å²) in [7, 11) is -1.79. The largest absolute Gasteiger partial charge is 0.375 e. The van der Waals surface area contributed by atoms with Gasteiger partial charge in [0.05, 0.1) is 18.9 Å². The molecular weight excluding hydrogens is 254 g/mol. The van der Waals surface area contributed by atoms with E-state index in [9.17, 15) is 8.42 Å². The zero-order valence-corrected chi connectivity index (χ0v) is 11.1. The molecule has 1 saturated carbocycles. The number of aromatic nitrogens is 2. The topological polar surface area (TPSA) is 64.4 Å². The predicted octanol–water partition coefficient (Wildman–Crippen LogP) is 0.220. The monoisotopic (exact) mass is 271 g/mol. The minimum atomic E-state index is -3.43. The molecule has 2 fully saturated rings. The second-order valence-electron chi connectivity index (χ2n) is 4.90. The van der Waals surface area contributed by atoms with Gasteiger partial charge in [0.15, 0.2) is 5.03 Å². The number of nitrogens with zero attached hydrogens (tertiary/aromatic N) is 3. The molecule has 18 heavy (non-hydrogen) atoms. The summed E-state index contributed by atoms with van der Waals surface area (Å²) < 4.78 is 33.5. The van der Waals surface area contributed by atoms with Crippen LogP contribution in [0.2, 0.25) is 0 Å². The Morgan fingerprint density at radius 3 is 2.83 bits per heavy atom. The molecule has 3 rings (SSSR count). The first-order chi connectivity index (χ1) is 8.59. The molecule has 2 aliphatic rings. The van der Waals surface area contributed by atoms with Crippen LogP contribution in [0.15, 0.2) is 17.3 Å². The van der Waals surface area contributed by atoms with Gasteiger partial charge >= 0.3 is 0 Å². The van der Waals surface area contributed by atoms with Crippen molar-refractivity contribution in [3.63, 3.8) is 0 Å². The summed E-state index contributed by atoms with van der Waals surface area (Å²) in [4.78, 5) is 0. The van der Waals surface area contributed by atoms with Crippen LogP contribution in [0.3, 0.4) is 0 Å². The summed E-state index contributed by atoms with van der Waals surface area (Å²) in [5, 5.41) is 4.17. The summed E-state index contributed by atoms with van der Waals surface area (Å²) >= 11 is 0. The number of sulfonamides is 1. The van der Waals surface area contributed by atoms with E-state index in [4.69, 9.17) is 4.74 Å². The summed E-state index contributed by atoms with van der Waals surface area (Å²) in [5.74, 6) is 0.550. The highest BCUT2D eigenvalue weighted by Crippen LogP contribution is 2.36. The molecule has 0 aromatic carbocycles. The van der Waals surface area contributed by atoms with Gasteiger partial charge in [0.2, 0.25) is 0 Å². The van der Waals surface area contributed by atoms with Crippen molar-refractivity contribution in [1.29, 1.82) is 0 Å². The zero-order valence-electron chi connectivity index (χ0n) is 10.3. The second kappa shape index (κ2) is 4.32. The summed E-state index contributed by atoms with van der Waals surface area (Å²) in [5.41, 5.74) is 0. The lowest BCUT2D eigenvalue weighted by atomic mass is 10.2. The molecule has 100 valence electrons. The fraction of sp³-hybridized carbons (Fsp3) is 0.727. The number of rotatable bonds is 3. The Morgan fingerprint density at radius 2 is 2.22 bits per heavy atom. The maximum Gasteiger partial charge on any atom is 0.260 e. The van der Waals surface area contributed by atoms with Crippen LogP contribution in [0, 0.1) is 5.92 Å². The van der Waals surface area contributed by atoms with E-state index in [-0.39, 0.29) is 11.1 Å². The van der Waals surface area contributed by atoms with Gasteiger partial charge in [-0.3, -0.25) is 4.68 Å². The molecule has 0 N–H and O–H groups in total. The fourth-order valence-corrected chi connectivity index (χ4v) is 3.91. The molecular formula is C11H17N3O3S. The van der Waals surface area contributed by atoms with E-state index in [2.05, 4.69) is 5.10 Å². The van der Waals surface area contributed by atoms with Crippen molar-refractivity contribution in [2.24, 2.45) is 13.0 Å². The fourth-order valence-electron chi connectivity index (χ4n) is 2.37. The first-order valence-electron chi connectivity index (χ1n) is 6.19. The normalized spacial score (nSPS) is 26.4. The number of ether oxygens (including phenoxy) is 1. The molecule has 0 amide bonds. The Morgan fingerprint density at radius 1 is 1.44 bits per heavy atom. The van der Waals surface area contributed by atoms with Crippen LogP contribution in [-0.2, 0) is 21.8 Å². The maximum atomic E-state index is 12.5. The highest BCUT2D eigenvalue weighted by molar-refractivity contribution is 7.89. The van der Waals surface area contributed by atoms with E-state index < -0.39 is 10.0 Å². The second-order valence-corrected chi connectivity index (χ2v) is 6.79. The van der Waals surface area contributed by atoms with Gasteiger partial charge < -0.3 is 4.74 Å². The lowest BCUT2D eigenvalue weighted by Gasteiger charge is -2.32. The third kappa shape index (κ3) is 2.06. The molecule has 0 radical (unpaired) electrons. The number of morpholine rings is 1. The first-order valence-corrected chi connectivity index (χ1v) is 7.63. The van der Waals surface area contributed by atoms with Crippen LogP contribution in [-0.4, -0.2) is 48.3 Å². The molecule has 0 unspecified atom stereocenters. The van der Waals surface area contributed by atoms with Gasteiger partial charge in [-0.05, 0) is 24.8 Å². The molecule has 7 heteroatoms. The minimum Gasteiger partial charge on any atom is -0.375 e. The summed E-state index contributed by atoms with van der Waals surface area (Å²) in [6, 6.07) is 1.54. The van der Waals surface area contributed by atoms with Crippen molar-refractivity contribution >= 4 is 10.0 Å². The Balaban J connectivity index is 1.82. The lowest BCUT2D eigenvalue weighted by molar-refractivity contribution is -0.0136. The maximum absolute atomic E-state index is 12.5. The van der Waals surface area contributed by atoms with Crippen LogP contribution in [0.1, 0.15) is 12.8 Å². The van der Waals surface area contributed by atoms with Gasteiger partial charge in [-0.15, -0.1) is 0 Å². The van der Waals surface area contributed by atoms with Gasteiger partial charge in [0.1, 0.15) is 0 Å². The third-order valence-electron chi connectivity index (χ3n) is 3.58. The SMILES string of the molecule is Cn1nccc1S(=O)(=O)N1CCO[C@@H](C2CC2)C1. The van der Waals surface area contributed by atoms with Gasteiger partial charge in [-0.25, -0.2) is 8.42 Å². The van der Waals surface area contributed by atoms with Gasteiger partial charge in [0, 0.05) is 20.1 Å². The van der Waals surface area contributed by atoms with Crippen molar-refractivity contribution in [2.45, 2.75) is 24.0 Å². The van der Waals surface area contributed by atoms with Crippen LogP contribution in [0.4, 0.5) is 0 Å². The van der Waals surface area contributed by atoms with Crippen LogP contribution >= 0.6 is 0 Å². The molecule has 0 spiro atoms. The zero-order chi connectivity index (χ0) is 12.8. The van der Waals surface area contributed by atoms with E-state index in [0.717, 1.165) is 12.8 Å². The van der Waals surface area contributed by atoms with Crippen molar-refractivity contribution in [2.75, 3.05) is 19.7 Å². The first kappa shape index (κ1) is 12.1. The lowest BCUT2D eigenvalue weighted by Crippen LogP contribution is -2.46. The highest BCUT2D eigenvalue weighted by Gasteiger charge is 2.39. The van der Waals surface area contributed by atoms with Crippen molar-refractivity contribution in [1.82, 2.24) is 14.1 Å². The van der Waals surface area contributed by atoms with Gasteiger partial charge in [-0.2, -0.15) is 9.40 Å². The van der Waals surface area contributed by atoms with Crippen molar-refractivity contribution < 1.29 is 13.2 Å². The van der Waals surface area contributed by atoms with Crippen molar-refractivity contribution in [3.05, 3.63) is 12.3 Å². The van der Waals surface area contributed by atoms with E-state index in [1.54, 1.807) is 7.05 Å². The Bertz CT molecular complexity index is 535. The minimum absolute atomic E-state index is 0.0711. The molecule has 2 heterocycles. The smallest absolute Gasteiger partial charge is 0.260 e. The average Bonchev–Trinajstić information content (AvgIpc) is 3.12. The van der Waals surface area contributed by atoms with E-state index in [1.807, 2.05) is 0 Å². The molecule has 1 saturated heterocycles. The van der Waals surface area contributed by atoms with Gasteiger partial charge in [-0.1, -0.05) is 0 Å². The van der Waals surface area contributed by atoms with E-state index in [1.165, 1.54) is 21.3 Å². The highest BCUT2D eigenvalue weighted by atomic mass is 32.2. The standard InChI is InChI=1S/C11H17N3O3S/c1-13-11(4-5-12-13)18(15,16)14-6-7-17-10(8-14)9-2-3-9/h4-5,9-10H,2-3,6-8H2,1H3/t10-/m1/s1. The molecule has 1 atom stereocenters. The number of hydrogen-bond donors (Lipinski definition) is 0. The quantitative estimate of drug-likeness (QED) is 0.789.